The van der Waals surface area contributed by atoms with Crippen LogP contribution in [-0.4, -0.2) is 48.7 Å². The van der Waals surface area contributed by atoms with Gasteiger partial charge in [-0.15, -0.1) is 0 Å². The molecule has 1 fully saturated rings. The maximum absolute atomic E-state index is 12.6. The van der Waals surface area contributed by atoms with Gasteiger partial charge in [0.05, 0.1) is 19.0 Å². The quantitative estimate of drug-likeness (QED) is 0.869. The number of amides is 1. The summed E-state index contributed by atoms with van der Waals surface area (Å²) in [5.74, 6) is 0.211. The Morgan fingerprint density at radius 1 is 1.55 bits per heavy atom. The van der Waals surface area contributed by atoms with Crippen LogP contribution in [0.4, 0.5) is 5.69 Å². The van der Waals surface area contributed by atoms with Crippen molar-refractivity contribution in [3.63, 3.8) is 0 Å². The lowest BCUT2D eigenvalue weighted by atomic mass is 10.1. The first kappa shape index (κ1) is 16.8. The molecule has 1 N–H and O–H groups in total. The summed E-state index contributed by atoms with van der Waals surface area (Å²) in [6.45, 7) is 2.38. The maximum Gasteiger partial charge on any atom is 0.241 e. The van der Waals surface area contributed by atoms with Gasteiger partial charge in [-0.25, -0.2) is 0 Å². The van der Waals surface area contributed by atoms with Crippen molar-refractivity contribution >= 4 is 23.2 Å². The Labute approximate surface area is 135 Å². The molecule has 1 aliphatic rings. The van der Waals surface area contributed by atoms with Gasteiger partial charge in [0.1, 0.15) is 0 Å². The van der Waals surface area contributed by atoms with Gasteiger partial charge in [0.2, 0.25) is 5.91 Å². The molecule has 0 bridgehead atoms. The predicted molar refractivity (Wildman–Crippen MR) is 85.7 cm³/mol. The van der Waals surface area contributed by atoms with E-state index in [9.17, 15) is 9.90 Å². The van der Waals surface area contributed by atoms with Crippen molar-refractivity contribution in [2.45, 2.75) is 12.8 Å². The zero-order valence-corrected chi connectivity index (χ0v) is 13.2. The number of nitriles is 1. The van der Waals surface area contributed by atoms with Gasteiger partial charge in [0.25, 0.3) is 0 Å². The molecule has 1 heterocycles. The molecule has 0 spiro atoms. The Morgan fingerprint density at radius 3 is 3.00 bits per heavy atom. The van der Waals surface area contributed by atoms with Crippen molar-refractivity contribution < 1.29 is 9.90 Å². The maximum atomic E-state index is 12.6. The number of aliphatic hydroxyl groups is 1. The first-order valence-electron chi connectivity index (χ1n) is 7.40. The van der Waals surface area contributed by atoms with Gasteiger partial charge < -0.3 is 10.0 Å². The molecule has 1 amide bonds. The Kier molecular flexibility index (Phi) is 6.20. The molecule has 1 aromatic rings. The first-order valence-corrected chi connectivity index (χ1v) is 7.78. The number of hydrogen-bond donors (Lipinski definition) is 1. The van der Waals surface area contributed by atoms with Crippen molar-refractivity contribution in [2.75, 3.05) is 37.7 Å². The number of rotatable bonds is 6. The molecule has 2 rings (SSSR count). The smallest absolute Gasteiger partial charge is 0.241 e. The van der Waals surface area contributed by atoms with Crippen LogP contribution in [-0.2, 0) is 4.79 Å². The van der Waals surface area contributed by atoms with Crippen LogP contribution < -0.4 is 4.90 Å². The van der Waals surface area contributed by atoms with Crippen LogP contribution in [0.1, 0.15) is 12.8 Å². The molecule has 1 aromatic carbocycles. The van der Waals surface area contributed by atoms with Crippen molar-refractivity contribution in [1.82, 2.24) is 4.90 Å². The van der Waals surface area contributed by atoms with Gasteiger partial charge in [-0.2, -0.15) is 5.26 Å². The Bertz CT molecular complexity index is 559. The summed E-state index contributed by atoms with van der Waals surface area (Å²) in [6, 6.07) is 9.18. The fourth-order valence-electron chi connectivity index (χ4n) is 2.69. The second kappa shape index (κ2) is 8.14. The van der Waals surface area contributed by atoms with E-state index in [2.05, 4.69) is 6.07 Å². The van der Waals surface area contributed by atoms with Crippen LogP contribution in [0.25, 0.3) is 0 Å². The lowest BCUT2D eigenvalue weighted by Crippen LogP contribution is -2.40. The highest BCUT2D eigenvalue weighted by Gasteiger charge is 2.25. The van der Waals surface area contributed by atoms with Crippen LogP contribution in [0.5, 0.6) is 0 Å². The summed E-state index contributed by atoms with van der Waals surface area (Å²) in [6.07, 6.45) is 1.19. The molecular formula is C16H20ClN3O2. The molecular weight excluding hydrogens is 302 g/mol. The van der Waals surface area contributed by atoms with Crippen molar-refractivity contribution in [3.05, 3.63) is 29.3 Å². The topological polar surface area (TPSA) is 67.6 Å². The molecule has 1 atom stereocenters. The lowest BCUT2D eigenvalue weighted by molar-refractivity contribution is -0.119. The number of likely N-dealkylation sites (tertiary alicyclic amines) is 1. The standard InChI is InChI=1S/C16H20ClN3O2/c17-14-3-1-4-15(9-14)20(7-2-6-18)16(22)11-19-8-5-13(10-19)12-21/h1,3-4,9,13,21H,2,5,7-8,10-12H2. The number of carbonyl (C=O) groups excluding carboxylic acids is 1. The lowest BCUT2D eigenvalue weighted by Gasteiger charge is -2.25. The van der Waals surface area contributed by atoms with Gasteiger partial charge >= 0.3 is 0 Å². The minimum Gasteiger partial charge on any atom is -0.396 e. The van der Waals surface area contributed by atoms with Gasteiger partial charge in [0, 0.05) is 30.4 Å². The van der Waals surface area contributed by atoms with Crippen LogP contribution >= 0.6 is 11.6 Å². The SMILES string of the molecule is N#CCCN(C(=O)CN1CCC(CO)C1)c1cccc(Cl)c1. The van der Waals surface area contributed by atoms with Gasteiger partial charge in [-0.3, -0.25) is 9.69 Å². The van der Waals surface area contributed by atoms with E-state index >= 15 is 0 Å². The zero-order valence-electron chi connectivity index (χ0n) is 12.4. The second-order valence-corrected chi connectivity index (χ2v) is 5.94. The summed E-state index contributed by atoms with van der Waals surface area (Å²) in [5, 5.41) is 18.5. The van der Waals surface area contributed by atoms with E-state index in [1.807, 2.05) is 11.0 Å². The number of aliphatic hydroxyl groups excluding tert-OH is 1. The molecule has 0 aliphatic carbocycles. The average Bonchev–Trinajstić information content (AvgIpc) is 2.95. The van der Waals surface area contributed by atoms with Crippen LogP contribution in [0.2, 0.25) is 5.02 Å². The summed E-state index contributed by atoms with van der Waals surface area (Å²) in [5.41, 5.74) is 0.714. The molecule has 6 heteroatoms. The minimum atomic E-state index is -0.0453. The molecule has 0 aromatic heterocycles. The average molecular weight is 322 g/mol. The van der Waals surface area contributed by atoms with Crippen LogP contribution in [0.15, 0.2) is 24.3 Å². The third-order valence-corrected chi connectivity index (χ3v) is 4.09. The van der Waals surface area contributed by atoms with Gasteiger partial charge in [0.15, 0.2) is 0 Å². The van der Waals surface area contributed by atoms with E-state index in [1.54, 1.807) is 23.1 Å². The number of halogens is 1. The van der Waals surface area contributed by atoms with Gasteiger partial charge in [-0.05, 0) is 37.1 Å². The van der Waals surface area contributed by atoms with Crippen molar-refractivity contribution in [3.8, 4) is 6.07 Å². The van der Waals surface area contributed by atoms with Crippen molar-refractivity contribution in [2.24, 2.45) is 5.92 Å². The number of hydrogen-bond acceptors (Lipinski definition) is 4. The fourth-order valence-corrected chi connectivity index (χ4v) is 2.87. The molecule has 0 radical (unpaired) electrons. The van der Waals surface area contributed by atoms with Gasteiger partial charge in [-0.1, -0.05) is 17.7 Å². The Hall–Kier alpha value is -1.61. The number of anilines is 1. The molecule has 1 aliphatic heterocycles. The summed E-state index contributed by atoms with van der Waals surface area (Å²) < 4.78 is 0. The molecule has 5 nitrogen and oxygen atoms in total. The van der Waals surface area contributed by atoms with E-state index in [-0.39, 0.29) is 24.9 Å². The molecule has 0 saturated carbocycles. The summed E-state index contributed by atoms with van der Waals surface area (Å²) >= 11 is 5.99. The van der Waals surface area contributed by atoms with E-state index in [0.717, 1.165) is 19.5 Å². The second-order valence-electron chi connectivity index (χ2n) is 5.51. The normalized spacial score (nSPS) is 18.1. The number of benzene rings is 1. The third-order valence-electron chi connectivity index (χ3n) is 3.86. The molecule has 1 saturated heterocycles. The predicted octanol–water partition coefficient (Wildman–Crippen LogP) is 1.90. The molecule has 1 unspecified atom stereocenters. The molecule has 118 valence electrons. The van der Waals surface area contributed by atoms with Crippen molar-refractivity contribution in [1.29, 1.82) is 5.26 Å². The zero-order chi connectivity index (χ0) is 15.9. The summed E-state index contributed by atoms with van der Waals surface area (Å²) in [4.78, 5) is 16.2. The largest absolute Gasteiger partial charge is 0.396 e. The fraction of sp³-hybridized carbons (Fsp3) is 0.500. The Balaban J connectivity index is 2.05. The van der Waals surface area contributed by atoms with E-state index in [0.29, 0.717) is 23.8 Å². The number of nitrogens with zero attached hydrogens (tertiary/aromatic N) is 3. The van der Waals surface area contributed by atoms with Crippen LogP contribution in [0, 0.1) is 17.2 Å². The van der Waals surface area contributed by atoms with E-state index < -0.39 is 0 Å². The monoisotopic (exact) mass is 321 g/mol. The van der Waals surface area contributed by atoms with E-state index in [4.69, 9.17) is 16.9 Å². The highest BCUT2D eigenvalue weighted by atomic mass is 35.5. The third kappa shape index (κ3) is 4.44. The molecule has 22 heavy (non-hydrogen) atoms. The summed E-state index contributed by atoms with van der Waals surface area (Å²) in [7, 11) is 0. The Morgan fingerprint density at radius 2 is 2.36 bits per heavy atom. The van der Waals surface area contributed by atoms with E-state index in [1.165, 1.54) is 0 Å². The highest BCUT2D eigenvalue weighted by Crippen LogP contribution is 2.21. The van der Waals surface area contributed by atoms with Crippen LogP contribution in [0.3, 0.4) is 0 Å². The highest BCUT2D eigenvalue weighted by molar-refractivity contribution is 6.30. The minimum absolute atomic E-state index is 0.0453. The number of carbonyl (C=O) groups is 1. The first-order chi connectivity index (χ1) is 10.6.